The molecule has 0 atom stereocenters. The molecule has 0 N–H and O–H groups in total. The summed E-state index contributed by atoms with van der Waals surface area (Å²) in [5.41, 5.74) is 0. The van der Waals surface area contributed by atoms with Crippen molar-refractivity contribution in [3.8, 4) is 0 Å². The zero-order valence-electron chi connectivity index (χ0n) is 16.3. The molecule has 0 rings (SSSR count). The van der Waals surface area contributed by atoms with Crippen LogP contribution in [0.1, 0.15) is 111 Å². The molecule has 134 valence electrons. The second-order valence-corrected chi connectivity index (χ2v) is 7.56. The molecule has 0 spiro atoms. The Morgan fingerprint density at radius 3 is 1.36 bits per heavy atom. The molecular formula is C21H45N. The quantitative estimate of drug-likeness (QED) is 0.260. The van der Waals surface area contributed by atoms with Gasteiger partial charge in [-0.05, 0) is 44.8 Å². The third kappa shape index (κ3) is 16.3. The van der Waals surface area contributed by atoms with E-state index in [9.17, 15) is 0 Å². The molecule has 0 aliphatic carbocycles. The van der Waals surface area contributed by atoms with Gasteiger partial charge in [-0.3, -0.25) is 0 Å². The average molecular weight is 312 g/mol. The van der Waals surface area contributed by atoms with Crippen LogP contribution in [-0.2, 0) is 0 Å². The third-order valence-electron chi connectivity index (χ3n) is 4.68. The van der Waals surface area contributed by atoms with Crippen LogP contribution in [0.15, 0.2) is 0 Å². The molecule has 0 aromatic carbocycles. The molecule has 0 amide bonds. The zero-order chi connectivity index (χ0) is 16.5. The highest BCUT2D eigenvalue weighted by atomic mass is 15.1. The van der Waals surface area contributed by atoms with Gasteiger partial charge in [-0.1, -0.05) is 91.9 Å². The van der Waals surface area contributed by atoms with Crippen molar-refractivity contribution >= 4 is 0 Å². The monoisotopic (exact) mass is 311 g/mol. The highest BCUT2D eigenvalue weighted by Crippen LogP contribution is 2.10. The fraction of sp³-hybridized carbons (Fsp3) is 1.00. The molecule has 22 heavy (non-hydrogen) atoms. The largest absolute Gasteiger partial charge is 0.303 e. The van der Waals surface area contributed by atoms with Crippen LogP contribution >= 0.6 is 0 Å². The molecule has 0 fully saturated rings. The van der Waals surface area contributed by atoms with Crippen LogP contribution in [0.3, 0.4) is 0 Å². The van der Waals surface area contributed by atoms with E-state index in [0.29, 0.717) is 0 Å². The predicted molar refractivity (Wildman–Crippen MR) is 103 cm³/mol. The molecule has 1 nitrogen and oxygen atoms in total. The minimum Gasteiger partial charge on any atom is -0.303 e. The summed E-state index contributed by atoms with van der Waals surface area (Å²) in [6.45, 7) is 13.3. The summed E-state index contributed by atoms with van der Waals surface area (Å²) in [5.74, 6) is 0.844. The number of nitrogens with zero attached hydrogens (tertiary/aromatic N) is 1. The van der Waals surface area contributed by atoms with E-state index in [0.717, 1.165) is 5.92 Å². The first-order chi connectivity index (χ1) is 10.7. The Hall–Kier alpha value is -0.0400. The minimum absolute atomic E-state index is 0.844. The Bertz CT molecular complexity index is 184. The maximum Gasteiger partial charge on any atom is -0.00163 e. The van der Waals surface area contributed by atoms with Gasteiger partial charge < -0.3 is 4.90 Å². The van der Waals surface area contributed by atoms with Crippen molar-refractivity contribution in [2.45, 2.75) is 111 Å². The van der Waals surface area contributed by atoms with Crippen LogP contribution in [-0.4, -0.2) is 24.5 Å². The fourth-order valence-electron chi connectivity index (χ4n) is 3.01. The van der Waals surface area contributed by atoms with Gasteiger partial charge in [0.2, 0.25) is 0 Å². The summed E-state index contributed by atoms with van der Waals surface area (Å²) in [6.07, 6.45) is 18.4. The predicted octanol–water partition coefficient (Wildman–Crippen LogP) is 7.06. The third-order valence-corrected chi connectivity index (χ3v) is 4.68. The van der Waals surface area contributed by atoms with Crippen LogP contribution in [0.25, 0.3) is 0 Å². The molecule has 0 radical (unpaired) electrons. The molecule has 0 aromatic heterocycles. The molecule has 0 heterocycles. The van der Waals surface area contributed by atoms with E-state index < -0.39 is 0 Å². The standard InChI is InChI=1S/C21H45N/c1-5-7-9-11-13-15-18-22(20-17-21(3)4)19-16-14-12-10-8-6-2/h21H,5-20H2,1-4H3. The van der Waals surface area contributed by atoms with Gasteiger partial charge in [0.05, 0.1) is 0 Å². The first-order valence-electron chi connectivity index (χ1n) is 10.4. The molecule has 0 saturated heterocycles. The molecule has 0 aromatic rings. The fourth-order valence-corrected chi connectivity index (χ4v) is 3.01. The summed E-state index contributed by atoms with van der Waals surface area (Å²) < 4.78 is 0. The molecule has 0 bridgehead atoms. The maximum absolute atomic E-state index is 2.75. The summed E-state index contributed by atoms with van der Waals surface area (Å²) in [7, 11) is 0. The van der Waals surface area contributed by atoms with E-state index in [1.54, 1.807) is 0 Å². The first kappa shape index (κ1) is 22.0. The lowest BCUT2D eigenvalue weighted by Crippen LogP contribution is -2.28. The van der Waals surface area contributed by atoms with E-state index in [4.69, 9.17) is 0 Å². The van der Waals surface area contributed by atoms with Crippen LogP contribution in [0.4, 0.5) is 0 Å². The lowest BCUT2D eigenvalue weighted by atomic mass is 10.1. The van der Waals surface area contributed by atoms with Gasteiger partial charge in [0, 0.05) is 0 Å². The van der Waals surface area contributed by atoms with Gasteiger partial charge in [0.1, 0.15) is 0 Å². The number of unbranched alkanes of at least 4 members (excludes halogenated alkanes) is 10. The summed E-state index contributed by atoms with van der Waals surface area (Å²) in [4.78, 5) is 2.75. The van der Waals surface area contributed by atoms with Crippen LogP contribution in [0.5, 0.6) is 0 Å². The first-order valence-corrected chi connectivity index (χ1v) is 10.4. The van der Waals surface area contributed by atoms with Crippen LogP contribution < -0.4 is 0 Å². The summed E-state index contributed by atoms with van der Waals surface area (Å²) >= 11 is 0. The molecule has 0 saturated carbocycles. The van der Waals surface area contributed by atoms with Crippen molar-refractivity contribution in [2.75, 3.05) is 19.6 Å². The van der Waals surface area contributed by atoms with E-state index in [1.807, 2.05) is 0 Å². The van der Waals surface area contributed by atoms with Gasteiger partial charge in [0.15, 0.2) is 0 Å². The van der Waals surface area contributed by atoms with Crippen molar-refractivity contribution < 1.29 is 0 Å². The van der Waals surface area contributed by atoms with E-state index in [-0.39, 0.29) is 0 Å². The molecule has 0 aliphatic rings. The zero-order valence-corrected chi connectivity index (χ0v) is 16.3. The van der Waals surface area contributed by atoms with Crippen molar-refractivity contribution in [2.24, 2.45) is 5.92 Å². The van der Waals surface area contributed by atoms with Gasteiger partial charge in [0.25, 0.3) is 0 Å². The Labute approximate surface area is 142 Å². The molecule has 1 heteroatoms. The Morgan fingerprint density at radius 1 is 0.545 bits per heavy atom. The topological polar surface area (TPSA) is 3.24 Å². The number of hydrogen-bond donors (Lipinski definition) is 0. The van der Waals surface area contributed by atoms with Crippen LogP contribution in [0.2, 0.25) is 0 Å². The van der Waals surface area contributed by atoms with Gasteiger partial charge in [-0.25, -0.2) is 0 Å². The number of hydrogen-bond acceptors (Lipinski definition) is 1. The van der Waals surface area contributed by atoms with E-state index >= 15 is 0 Å². The Morgan fingerprint density at radius 2 is 0.955 bits per heavy atom. The van der Waals surface area contributed by atoms with Crippen molar-refractivity contribution in [1.29, 1.82) is 0 Å². The minimum atomic E-state index is 0.844. The van der Waals surface area contributed by atoms with E-state index in [1.165, 1.54) is 103 Å². The normalized spacial score (nSPS) is 11.7. The van der Waals surface area contributed by atoms with Gasteiger partial charge in [-0.2, -0.15) is 0 Å². The smallest absolute Gasteiger partial charge is 0.00163 e. The lowest BCUT2D eigenvalue weighted by Gasteiger charge is -2.23. The Balaban J connectivity index is 3.70. The van der Waals surface area contributed by atoms with Gasteiger partial charge in [-0.15, -0.1) is 0 Å². The highest BCUT2D eigenvalue weighted by Gasteiger charge is 2.06. The average Bonchev–Trinajstić information content (AvgIpc) is 2.50. The van der Waals surface area contributed by atoms with E-state index in [2.05, 4.69) is 32.6 Å². The Kier molecular flexibility index (Phi) is 17.3. The van der Waals surface area contributed by atoms with Crippen LogP contribution in [0, 0.1) is 5.92 Å². The van der Waals surface area contributed by atoms with Crippen molar-refractivity contribution in [3.63, 3.8) is 0 Å². The maximum atomic E-state index is 2.75. The summed E-state index contributed by atoms with van der Waals surface area (Å²) in [5, 5.41) is 0. The highest BCUT2D eigenvalue weighted by molar-refractivity contribution is 4.61. The SMILES string of the molecule is CCCCCCCCN(CCCCCCCC)CCC(C)C. The van der Waals surface area contributed by atoms with Crippen molar-refractivity contribution in [3.05, 3.63) is 0 Å². The molecule has 0 unspecified atom stereocenters. The number of rotatable bonds is 17. The second-order valence-electron chi connectivity index (χ2n) is 7.56. The van der Waals surface area contributed by atoms with Crippen molar-refractivity contribution in [1.82, 2.24) is 4.90 Å². The second kappa shape index (κ2) is 17.3. The van der Waals surface area contributed by atoms with Gasteiger partial charge >= 0.3 is 0 Å². The lowest BCUT2D eigenvalue weighted by molar-refractivity contribution is 0.246. The molecular weight excluding hydrogens is 266 g/mol. The molecule has 0 aliphatic heterocycles. The summed E-state index contributed by atoms with van der Waals surface area (Å²) in [6, 6.07) is 0.